The molecule has 0 aliphatic carbocycles. The highest BCUT2D eigenvalue weighted by atomic mass is 16.4. The quantitative estimate of drug-likeness (QED) is 0.382. The second-order valence-electron chi connectivity index (χ2n) is 4.75. The van der Waals surface area contributed by atoms with Gasteiger partial charge in [0.15, 0.2) is 5.84 Å². The summed E-state index contributed by atoms with van der Waals surface area (Å²) in [7, 11) is 0. The maximum Gasteiger partial charge on any atom is 0.170 e. The molecule has 100 valence electrons. The van der Waals surface area contributed by atoms with Crippen molar-refractivity contribution < 1.29 is 5.21 Å². The van der Waals surface area contributed by atoms with Gasteiger partial charge < -0.3 is 15.5 Å². The fourth-order valence-electron chi connectivity index (χ4n) is 1.99. The third-order valence-corrected chi connectivity index (χ3v) is 2.97. The average molecular weight is 258 g/mol. The summed E-state index contributed by atoms with van der Waals surface area (Å²) >= 11 is 0. The number of amidine groups is 1. The van der Waals surface area contributed by atoms with Crippen LogP contribution in [0.2, 0.25) is 0 Å². The molecular formula is C14H18N4O. The SMILES string of the molecule is CC(C)c1nccn1Cc1ccc(/C(N)=N/O)cc1. The minimum atomic E-state index is 0.122. The van der Waals surface area contributed by atoms with Crippen LogP contribution < -0.4 is 5.73 Å². The Labute approximate surface area is 112 Å². The zero-order chi connectivity index (χ0) is 13.8. The summed E-state index contributed by atoms with van der Waals surface area (Å²) in [6, 6.07) is 7.63. The Kier molecular flexibility index (Phi) is 3.85. The number of aromatic nitrogens is 2. The number of hydrogen-bond donors (Lipinski definition) is 2. The van der Waals surface area contributed by atoms with Crippen LogP contribution in [0.5, 0.6) is 0 Å². The van der Waals surface area contributed by atoms with Crippen LogP contribution in [0.25, 0.3) is 0 Å². The summed E-state index contributed by atoms with van der Waals surface area (Å²) in [6.07, 6.45) is 3.80. The zero-order valence-corrected chi connectivity index (χ0v) is 11.1. The van der Waals surface area contributed by atoms with Crippen LogP contribution in [0, 0.1) is 0 Å². The van der Waals surface area contributed by atoms with Crippen LogP contribution in [0.3, 0.4) is 0 Å². The van der Waals surface area contributed by atoms with Gasteiger partial charge in [-0.15, -0.1) is 0 Å². The van der Waals surface area contributed by atoms with Crippen LogP contribution in [-0.4, -0.2) is 20.6 Å². The van der Waals surface area contributed by atoms with Gasteiger partial charge in [-0.05, 0) is 5.56 Å². The number of hydrogen-bond acceptors (Lipinski definition) is 3. The first-order chi connectivity index (χ1) is 9.11. The molecule has 0 saturated carbocycles. The van der Waals surface area contributed by atoms with Gasteiger partial charge in [-0.1, -0.05) is 43.3 Å². The molecule has 1 aromatic heterocycles. The number of nitrogens with two attached hydrogens (primary N) is 1. The molecule has 3 N–H and O–H groups in total. The molecule has 0 atom stereocenters. The van der Waals surface area contributed by atoms with Crippen molar-refractivity contribution in [1.29, 1.82) is 0 Å². The molecule has 0 saturated heterocycles. The molecule has 0 radical (unpaired) electrons. The third kappa shape index (κ3) is 2.93. The van der Waals surface area contributed by atoms with Crippen molar-refractivity contribution in [3.63, 3.8) is 0 Å². The van der Waals surface area contributed by atoms with Gasteiger partial charge in [0.2, 0.25) is 0 Å². The summed E-state index contributed by atoms with van der Waals surface area (Å²) < 4.78 is 2.13. The Bertz CT molecular complexity index is 569. The predicted octanol–water partition coefficient (Wildman–Crippen LogP) is 2.15. The standard InChI is InChI=1S/C14H18N4O/c1-10(2)14-16-7-8-18(14)9-11-3-5-12(6-4-11)13(15)17-19/h3-8,10,19H,9H2,1-2H3,(H2,15,17). The minimum Gasteiger partial charge on any atom is -0.409 e. The summed E-state index contributed by atoms with van der Waals surface area (Å²) in [5.41, 5.74) is 7.39. The van der Waals surface area contributed by atoms with Gasteiger partial charge in [0.25, 0.3) is 0 Å². The van der Waals surface area contributed by atoms with E-state index in [2.05, 4.69) is 28.6 Å². The highest BCUT2D eigenvalue weighted by molar-refractivity contribution is 5.96. The van der Waals surface area contributed by atoms with Gasteiger partial charge in [-0.25, -0.2) is 4.98 Å². The lowest BCUT2D eigenvalue weighted by Crippen LogP contribution is -2.13. The maximum absolute atomic E-state index is 8.61. The van der Waals surface area contributed by atoms with Gasteiger partial charge in [-0.3, -0.25) is 0 Å². The minimum absolute atomic E-state index is 0.122. The lowest BCUT2D eigenvalue weighted by molar-refractivity contribution is 0.318. The fourth-order valence-corrected chi connectivity index (χ4v) is 1.99. The summed E-state index contributed by atoms with van der Waals surface area (Å²) in [4.78, 5) is 4.36. The molecule has 0 spiro atoms. The van der Waals surface area contributed by atoms with E-state index in [0.29, 0.717) is 11.5 Å². The Morgan fingerprint density at radius 1 is 1.37 bits per heavy atom. The van der Waals surface area contributed by atoms with Gasteiger partial charge in [-0.2, -0.15) is 0 Å². The van der Waals surface area contributed by atoms with Crippen molar-refractivity contribution in [3.8, 4) is 0 Å². The van der Waals surface area contributed by atoms with E-state index in [9.17, 15) is 0 Å². The van der Waals surface area contributed by atoms with Gasteiger partial charge >= 0.3 is 0 Å². The highest BCUT2D eigenvalue weighted by Crippen LogP contribution is 2.14. The van der Waals surface area contributed by atoms with E-state index in [4.69, 9.17) is 10.9 Å². The summed E-state index contributed by atoms with van der Waals surface area (Å²) in [6.45, 7) is 5.02. The molecule has 19 heavy (non-hydrogen) atoms. The Hall–Kier alpha value is -2.30. The smallest absolute Gasteiger partial charge is 0.170 e. The zero-order valence-electron chi connectivity index (χ0n) is 11.1. The topological polar surface area (TPSA) is 76.4 Å². The normalized spacial score (nSPS) is 12.1. The highest BCUT2D eigenvalue weighted by Gasteiger charge is 2.07. The third-order valence-electron chi connectivity index (χ3n) is 2.97. The van der Waals surface area contributed by atoms with E-state index < -0.39 is 0 Å². The first kappa shape index (κ1) is 13.1. The molecule has 0 bridgehead atoms. The number of rotatable bonds is 4. The van der Waals surface area contributed by atoms with E-state index in [1.165, 1.54) is 0 Å². The van der Waals surface area contributed by atoms with Gasteiger partial charge in [0, 0.05) is 30.4 Å². The van der Waals surface area contributed by atoms with E-state index >= 15 is 0 Å². The fraction of sp³-hybridized carbons (Fsp3) is 0.286. The van der Waals surface area contributed by atoms with E-state index in [1.807, 2.05) is 36.7 Å². The van der Waals surface area contributed by atoms with Crippen LogP contribution in [0.15, 0.2) is 41.8 Å². The number of oxime groups is 1. The van der Waals surface area contributed by atoms with Gasteiger partial charge in [0.05, 0.1) is 0 Å². The summed E-state index contributed by atoms with van der Waals surface area (Å²) in [5.74, 6) is 1.59. The Morgan fingerprint density at radius 3 is 2.63 bits per heavy atom. The molecule has 1 aromatic carbocycles. The first-order valence-electron chi connectivity index (χ1n) is 6.19. The maximum atomic E-state index is 8.61. The molecule has 2 rings (SSSR count). The Morgan fingerprint density at radius 2 is 2.05 bits per heavy atom. The molecule has 0 unspecified atom stereocenters. The van der Waals surface area contributed by atoms with Crippen LogP contribution >= 0.6 is 0 Å². The van der Waals surface area contributed by atoms with Crippen LogP contribution in [-0.2, 0) is 6.54 Å². The summed E-state index contributed by atoms with van der Waals surface area (Å²) in [5, 5.41) is 11.6. The van der Waals surface area contributed by atoms with E-state index in [-0.39, 0.29) is 5.84 Å². The number of imidazole rings is 1. The molecule has 5 heteroatoms. The van der Waals surface area contributed by atoms with Crippen molar-refractivity contribution in [2.75, 3.05) is 0 Å². The molecule has 0 aliphatic heterocycles. The molecule has 0 aliphatic rings. The second-order valence-corrected chi connectivity index (χ2v) is 4.75. The van der Waals surface area contributed by atoms with Gasteiger partial charge in [0.1, 0.15) is 5.82 Å². The van der Waals surface area contributed by atoms with Crippen molar-refractivity contribution in [2.45, 2.75) is 26.3 Å². The molecule has 0 fully saturated rings. The lowest BCUT2D eigenvalue weighted by atomic mass is 10.1. The molecule has 1 heterocycles. The first-order valence-corrected chi connectivity index (χ1v) is 6.19. The van der Waals surface area contributed by atoms with E-state index in [0.717, 1.165) is 17.9 Å². The molecule has 5 nitrogen and oxygen atoms in total. The molecule has 0 amide bonds. The second kappa shape index (κ2) is 5.56. The van der Waals surface area contributed by atoms with Crippen LogP contribution in [0.4, 0.5) is 0 Å². The largest absolute Gasteiger partial charge is 0.409 e. The number of benzene rings is 1. The average Bonchev–Trinajstić information content (AvgIpc) is 2.87. The predicted molar refractivity (Wildman–Crippen MR) is 74.4 cm³/mol. The Balaban J connectivity index is 2.18. The van der Waals surface area contributed by atoms with Crippen molar-refractivity contribution in [2.24, 2.45) is 10.9 Å². The monoisotopic (exact) mass is 258 g/mol. The van der Waals surface area contributed by atoms with Crippen molar-refractivity contribution in [1.82, 2.24) is 9.55 Å². The number of nitrogens with zero attached hydrogens (tertiary/aromatic N) is 3. The molecule has 2 aromatic rings. The van der Waals surface area contributed by atoms with E-state index in [1.54, 1.807) is 0 Å². The van der Waals surface area contributed by atoms with Crippen LogP contribution in [0.1, 0.15) is 36.7 Å². The molecular weight excluding hydrogens is 240 g/mol. The lowest BCUT2D eigenvalue weighted by Gasteiger charge is -2.10. The van der Waals surface area contributed by atoms with Crippen molar-refractivity contribution in [3.05, 3.63) is 53.6 Å². The van der Waals surface area contributed by atoms with Crippen molar-refractivity contribution >= 4 is 5.84 Å².